The van der Waals surface area contributed by atoms with Crippen molar-refractivity contribution >= 4 is 11.6 Å². The minimum absolute atomic E-state index is 0.340. The first-order valence-corrected chi connectivity index (χ1v) is 6.21. The van der Waals surface area contributed by atoms with Gasteiger partial charge in [0.1, 0.15) is 6.04 Å². The molecule has 0 spiro atoms. The molecule has 1 rings (SSSR count). The topological polar surface area (TPSA) is 58.4 Å². The second-order valence-corrected chi connectivity index (χ2v) is 5.12. The molecule has 0 aliphatic carbocycles. The highest BCUT2D eigenvalue weighted by molar-refractivity contribution is 5.81. The van der Waals surface area contributed by atoms with E-state index in [1.807, 2.05) is 43.3 Å². The smallest absolute Gasteiger partial charge is 0.239 e. The Morgan fingerprint density at radius 1 is 1.28 bits per heavy atom. The lowest BCUT2D eigenvalue weighted by molar-refractivity contribution is -0.120. The molecule has 1 aromatic carbocycles. The highest BCUT2D eigenvalue weighted by Gasteiger charge is 2.17. The Labute approximate surface area is 109 Å². The van der Waals surface area contributed by atoms with Crippen molar-refractivity contribution in [3.63, 3.8) is 0 Å². The van der Waals surface area contributed by atoms with E-state index in [2.05, 4.69) is 19.2 Å². The predicted molar refractivity (Wildman–Crippen MR) is 75.5 cm³/mol. The summed E-state index contributed by atoms with van der Waals surface area (Å²) in [6.07, 6.45) is 0. The van der Waals surface area contributed by atoms with Gasteiger partial charge in [-0.15, -0.1) is 0 Å². The summed E-state index contributed by atoms with van der Waals surface area (Å²) in [4.78, 5) is 13.5. The van der Waals surface area contributed by atoms with Gasteiger partial charge in [0.25, 0.3) is 0 Å². The lowest BCUT2D eigenvalue weighted by Gasteiger charge is -2.19. The summed E-state index contributed by atoms with van der Waals surface area (Å²) in [6.45, 7) is 4.96. The van der Waals surface area contributed by atoms with Crippen molar-refractivity contribution in [2.75, 3.05) is 25.5 Å². The molecule has 0 radical (unpaired) electrons. The zero-order valence-corrected chi connectivity index (χ0v) is 11.6. The van der Waals surface area contributed by atoms with Crippen molar-refractivity contribution in [1.82, 2.24) is 5.32 Å². The van der Waals surface area contributed by atoms with Crippen molar-refractivity contribution in [2.24, 2.45) is 11.7 Å². The number of amides is 1. The minimum atomic E-state index is -0.413. The Morgan fingerprint density at radius 3 is 2.22 bits per heavy atom. The number of carbonyl (C=O) groups excluding carboxylic acids is 1. The maximum Gasteiger partial charge on any atom is 0.239 e. The van der Waals surface area contributed by atoms with Gasteiger partial charge in [-0.2, -0.15) is 0 Å². The number of nitrogens with one attached hydrogen (secondary N) is 1. The average Bonchev–Trinajstić information content (AvgIpc) is 2.29. The zero-order valence-electron chi connectivity index (χ0n) is 11.6. The molecule has 4 nitrogen and oxygen atoms in total. The third-order valence-corrected chi connectivity index (χ3v) is 2.76. The molecule has 1 aromatic rings. The molecule has 1 amide bonds. The summed E-state index contributed by atoms with van der Waals surface area (Å²) >= 11 is 0. The number of hydrogen-bond acceptors (Lipinski definition) is 3. The molecule has 4 heteroatoms. The van der Waals surface area contributed by atoms with Gasteiger partial charge >= 0.3 is 0 Å². The maximum atomic E-state index is 11.5. The first-order chi connectivity index (χ1) is 8.41. The minimum Gasteiger partial charge on any atom is -0.378 e. The van der Waals surface area contributed by atoms with Crippen LogP contribution >= 0.6 is 0 Å². The summed E-state index contributed by atoms with van der Waals surface area (Å²) in [6, 6.07) is 7.45. The largest absolute Gasteiger partial charge is 0.378 e. The van der Waals surface area contributed by atoms with Gasteiger partial charge in [0.15, 0.2) is 0 Å². The monoisotopic (exact) mass is 249 g/mol. The summed E-state index contributed by atoms with van der Waals surface area (Å²) < 4.78 is 0. The molecule has 0 bridgehead atoms. The van der Waals surface area contributed by atoms with Crippen LogP contribution in [0.1, 0.15) is 25.5 Å². The first kappa shape index (κ1) is 14.5. The van der Waals surface area contributed by atoms with Gasteiger partial charge in [0.05, 0.1) is 0 Å². The molecule has 0 fully saturated rings. The number of hydrogen-bond donors (Lipinski definition) is 2. The van der Waals surface area contributed by atoms with E-state index in [1.165, 1.54) is 0 Å². The van der Waals surface area contributed by atoms with E-state index in [0.29, 0.717) is 5.92 Å². The quantitative estimate of drug-likeness (QED) is 0.803. The highest BCUT2D eigenvalue weighted by Crippen LogP contribution is 2.18. The number of carbonyl (C=O) groups is 1. The van der Waals surface area contributed by atoms with Gasteiger partial charge in [0, 0.05) is 19.8 Å². The molecule has 18 heavy (non-hydrogen) atoms. The average molecular weight is 249 g/mol. The van der Waals surface area contributed by atoms with Crippen molar-refractivity contribution < 1.29 is 4.79 Å². The zero-order chi connectivity index (χ0) is 13.7. The SMILES string of the molecule is CC(C)CNC(C(N)=O)c1ccc(N(C)C)cc1. The van der Waals surface area contributed by atoms with Crippen molar-refractivity contribution in [2.45, 2.75) is 19.9 Å². The summed E-state index contributed by atoms with van der Waals surface area (Å²) in [7, 11) is 3.97. The van der Waals surface area contributed by atoms with Crippen LogP contribution in [0.3, 0.4) is 0 Å². The highest BCUT2D eigenvalue weighted by atomic mass is 16.1. The van der Waals surface area contributed by atoms with E-state index in [0.717, 1.165) is 17.8 Å². The van der Waals surface area contributed by atoms with Crippen LogP contribution in [0.5, 0.6) is 0 Å². The van der Waals surface area contributed by atoms with Crippen LogP contribution in [0.2, 0.25) is 0 Å². The van der Waals surface area contributed by atoms with Crippen LogP contribution in [0.4, 0.5) is 5.69 Å². The molecular weight excluding hydrogens is 226 g/mol. The molecule has 100 valence electrons. The lowest BCUT2D eigenvalue weighted by Crippen LogP contribution is -2.35. The molecule has 0 aliphatic rings. The number of primary amides is 1. The second-order valence-electron chi connectivity index (χ2n) is 5.12. The standard InChI is InChI=1S/C14H23N3O/c1-10(2)9-16-13(14(15)18)11-5-7-12(8-6-11)17(3)4/h5-8,10,13,16H,9H2,1-4H3,(H2,15,18). The van der Waals surface area contributed by atoms with Gasteiger partial charge in [-0.05, 0) is 30.2 Å². The predicted octanol–water partition coefficient (Wildman–Crippen LogP) is 1.52. The van der Waals surface area contributed by atoms with E-state index in [4.69, 9.17) is 5.73 Å². The van der Waals surface area contributed by atoms with Crippen molar-refractivity contribution in [1.29, 1.82) is 0 Å². The molecule has 0 aliphatic heterocycles. The number of benzene rings is 1. The summed E-state index contributed by atoms with van der Waals surface area (Å²) in [5.41, 5.74) is 7.45. The number of nitrogens with two attached hydrogens (primary N) is 1. The van der Waals surface area contributed by atoms with Gasteiger partial charge in [-0.25, -0.2) is 0 Å². The maximum absolute atomic E-state index is 11.5. The van der Waals surface area contributed by atoms with Crippen molar-refractivity contribution in [3.05, 3.63) is 29.8 Å². The van der Waals surface area contributed by atoms with Crippen molar-refractivity contribution in [3.8, 4) is 0 Å². The molecule has 1 atom stereocenters. The van der Waals surface area contributed by atoms with Crippen LogP contribution in [0.25, 0.3) is 0 Å². The van der Waals surface area contributed by atoms with E-state index in [9.17, 15) is 4.79 Å². The van der Waals surface area contributed by atoms with Crippen LogP contribution in [-0.4, -0.2) is 26.5 Å². The van der Waals surface area contributed by atoms with E-state index in [1.54, 1.807) is 0 Å². The fraction of sp³-hybridized carbons (Fsp3) is 0.500. The van der Waals surface area contributed by atoms with Gasteiger partial charge in [0.2, 0.25) is 5.91 Å². The molecule has 0 heterocycles. The Morgan fingerprint density at radius 2 is 1.83 bits per heavy atom. The van der Waals surface area contributed by atoms with E-state index < -0.39 is 6.04 Å². The first-order valence-electron chi connectivity index (χ1n) is 6.21. The molecule has 0 saturated heterocycles. The fourth-order valence-electron chi connectivity index (χ4n) is 1.70. The molecular formula is C14H23N3O. The summed E-state index contributed by atoms with van der Waals surface area (Å²) in [5.74, 6) is 0.140. The number of nitrogens with zero attached hydrogens (tertiary/aromatic N) is 1. The normalized spacial score (nSPS) is 12.5. The van der Waals surface area contributed by atoms with Gasteiger partial charge < -0.3 is 16.0 Å². The Bertz CT molecular complexity index is 385. The van der Waals surface area contributed by atoms with Crippen LogP contribution in [0, 0.1) is 5.92 Å². The van der Waals surface area contributed by atoms with E-state index >= 15 is 0 Å². The van der Waals surface area contributed by atoms with E-state index in [-0.39, 0.29) is 5.91 Å². The Kier molecular flexibility index (Phi) is 5.16. The number of rotatable bonds is 6. The molecule has 0 saturated carbocycles. The van der Waals surface area contributed by atoms with Gasteiger partial charge in [-0.1, -0.05) is 26.0 Å². The third-order valence-electron chi connectivity index (χ3n) is 2.76. The molecule has 3 N–H and O–H groups in total. The third kappa shape index (κ3) is 4.04. The second kappa shape index (κ2) is 6.40. The molecule has 0 aromatic heterocycles. The van der Waals surface area contributed by atoms with Crippen LogP contribution in [0.15, 0.2) is 24.3 Å². The number of anilines is 1. The molecule has 1 unspecified atom stereocenters. The van der Waals surface area contributed by atoms with Crippen LogP contribution in [-0.2, 0) is 4.79 Å². The van der Waals surface area contributed by atoms with Gasteiger partial charge in [-0.3, -0.25) is 4.79 Å². The fourth-order valence-corrected chi connectivity index (χ4v) is 1.70. The van der Waals surface area contributed by atoms with Crippen LogP contribution < -0.4 is 16.0 Å². The summed E-state index contributed by atoms with van der Waals surface area (Å²) in [5, 5.41) is 3.20. The Balaban J connectivity index is 2.82. The Hall–Kier alpha value is -1.55. The lowest BCUT2D eigenvalue weighted by atomic mass is 10.0.